The number of carbonyl (C=O) groups excluding carboxylic acids is 1. The second kappa shape index (κ2) is 7.57. The van der Waals surface area contributed by atoms with Crippen LogP contribution in [-0.4, -0.2) is 27.8 Å². The van der Waals surface area contributed by atoms with Crippen molar-refractivity contribution in [2.24, 2.45) is 0 Å². The lowest BCUT2D eigenvalue weighted by Gasteiger charge is -2.14. The van der Waals surface area contributed by atoms with Crippen LogP contribution < -0.4 is 10.1 Å². The SMILES string of the molecule is COc1cccc(C(=O)Nc2cc(C)nn2-c2nc3cc4c(cc3s2)CCCC4)c1. The molecule has 4 aromatic rings. The van der Waals surface area contributed by atoms with Gasteiger partial charge >= 0.3 is 0 Å². The maximum Gasteiger partial charge on any atom is 0.256 e. The van der Waals surface area contributed by atoms with Crippen LogP contribution in [0.25, 0.3) is 15.3 Å². The molecule has 2 aromatic heterocycles. The van der Waals surface area contributed by atoms with Gasteiger partial charge < -0.3 is 10.1 Å². The first-order valence-electron chi connectivity index (χ1n) is 10.1. The Hall–Kier alpha value is -3.19. The number of rotatable bonds is 4. The van der Waals surface area contributed by atoms with Crippen molar-refractivity contribution in [1.29, 1.82) is 0 Å². The van der Waals surface area contributed by atoms with Gasteiger partial charge in [-0.15, -0.1) is 0 Å². The fraction of sp³-hybridized carbons (Fsp3) is 0.261. The second-order valence-corrected chi connectivity index (χ2v) is 8.57. The Morgan fingerprint density at radius 1 is 1.13 bits per heavy atom. The molecule has 1 aliphatic carbocycles. The molecule has 152 valence electrons. The summed E-state index contributed by atoms with van der Waals surface area (Å²) in [5, 5.41) is 8.30. The molecule has 1 aliphatic rings. The van der Waals surface area contributed by atoms with Crippen LogP contribution >= 0.6 is 11.3 Å². The molecule has 0 atom stereocenters. The molecule has 1 amide bonds. The van der Waals surface area contributed by atoms with Crippen molar-refractivity contribution >= 4 is 33.3 Å². The van der Waals surface area contributed by atoms with Crippen molar-refractivity contribution < 1.29 is 9.53 Å². The Bertz CT molecular complexity index is 1210. The van der Waals surface area contributed by atoms with Crippen LogP contribution in [0.5, 0.6) is 5.75 Å². The van der Waals surface area contributed by atoms with E-state index in [1.807, 2.05) is 19.1 Å². The van der Waals surface area contributed by atoms with E-state index in [4.69, 9.17) is 9.72 Å². The zero-order valence-electron chi connectivity index (χ0n) is 16.9. The van der Waals surface area contributed by atoms with Gasteiger partial charge in [-0.3, -0.25) is 4.79 Å². The second-order valence-electron chi connectivity index (χ2n) is 7.56. The third-order valence-electron chi connectivity index (χ3n) is 5.43. The van der Waals surface area contributed by atoms with E-state index >= 15 is 0 Å². The van der Waals surface area contributed by atoms with E-state index in [-0.39, 0.29) is 5.91 Å². The van der Waals surface area contributed by atoms with E-state index in [1.54, 1.807) is 41.3 Å². The Balaban J connectivity index is 1.49. The van der Waals surface area contributed by atoms with Crippen LogP contribution in [0.1, 0.15) is 40.0 Å². The first kappa shape index (κ1) is 18.8. The molecule has 0 aliphatic heterocycles. The average Bonchev–Trinajstić information content (AvgIpc) is 3.34. The minimum absolute atomic E-state index is 0.216. The van der Waals surface area contributed by atoms with Crippen molar-refractivity contribution in [3.8, 4) is 10.9 Å². The molecule has 1 N–H and O–H groups in total. The maximum atomic E-state index is 12.8. The lowest BCUT2D eigenvalue weighted by molar-refractivity contribution is 0.102. The molecule has 2 heterocycles. The molecule has 2 aromatic carbocycles. The number of thiazole rings is 1. The van der Waals surface area contributed by atoms with Crippen LogP contribution in [0.4, 0.5) is 5.82 Å². The summed E-state index contributed by atoms with van der Waals surface area (Å²) in [7, 11) is 1.58. The monoisotopic (exact) mass is 418 g/mol. The number of nitrogens with one attached hydrogen (secondary N) is 1. The standard InChI is InChI=1S/C23H22N4O2S/c1-14-10-21(25-22(28)17-8-5-9-18(11-17)29-2)27(26-14)23-24-19-12-15-6-3-4-7-16(15)13-20(19)30-23/h5,8-13H,3-4,6-7H2,1-2H3,(H,25,28). The molecular formula is C23H22N4O2S. The van der Waals surface area contributed by atoms with Crippen molar-refractivity contribution in [2.75, 3.05) is 12.4 Å². The summed E-state index contributed by atoms with van der Waals surface area (Å²) in [5.74, 6) is 1.03. The molecular weight excluding hydrogens is 396 g/mol. The predicted octanol–water partition coefficient (Wildman–Crippen LogP) is 4.93. The molecule has 6 nitrogen and oxygen atoms in total. The topological polar surface area (TPSA) is 69.0 Å². The molecule has 0 saturated heterocycles. The molecule has 7 heteroatoms. The minimum atomic E-state index is -0.216. The third-order valence-corrected chi connectivity index (χ3v) is 6.42. The molecule has 5 rings (SSSR count). The summed E-state index contributed by atoms with van der Waals surface area (Å²) >= 11 is 1.60. The highest BCUT2D eigenvalue weighted by atomic mass is 32.1. The van der Waals surface area contributed by atoms with Crippen molar-refractivity contribution in [3.05, 3.63) is 64.8 Å². The average molecular weight is 419 g/mol. The van der Waals surface area contributed by atoms with Gasteiger partial charge in [0.15, 0.2) is 0 Å². The number of methoxy groups -OCH3 is 1. The van der Waals surface area contributed by atoms with Gasteiger partial charge in [-0.2, -0.15) is 9.78 Å². The summed E-state index contributed by atoms with van der Waals surface area (Å²) in [6.07, 6.45) is 4.76. The first-order chi connectivity index (χ1) is 14.6. The molecule has 0 bridgehead atoms. The van der Waals surface area contributed by atoms with Crippen LogP contribution in [0.2, 0.25) is 0 Å². The highest BCUT2D eigenvalue weighted by Gasteiger charge is 2.18. The quantitative estimate of drug-likeness (QED) is 0.510. The van der Waals surface area contributed by atoms with Crippen molar-refractivity contribution in [1.82, 2.24) is 14.8 Å². The van der Waals surface area contributed by atoms with Gasteiger partial charge in [0.25, 0.3) is 5.91 Å². The zero-order chi connectivity index (χ0) is 20.7. The number of aryl methyl sites for hydroxylation is 3. The van der Waals surface area contributed by atoms with Crippen molar-refractivity contribution in [2.45, 2.75) is 32.6 Å². The van der Waals surface area contributed by atoms with Gasteiger partial charge in [0.1, 0.15) is 11.6 Å². The van der Waals surface area contributed by atoms with Gasteiger partial charge in [0.2, 0.25) is 5.13 Å². The van der Waals surface area contributed by atoms with Gasteiger partial charge in [-0.25, -0.2) is 4.98 Å². The van der Waals surface area contributed by atoms with E-state index in [0.717, 1.165) is 33.9 Å². The van der Waals surface area contributed by atoms with Gasteiger partial charge in [-0.05, 0) is 74.1 Å². The predicted molar refractivity (Wildman–Crippen MR) is 119 cm³/mol. The van der Waals surface area contributed by atoms with Gasteiger partial charge in [0.05, 0.1) is 23.0 Å². The number of nitrogens with zero attached hydrogens (tertiary/aromatic N) is 3. The molecule has 0 spiro atoms. The fourth-order valence-electron chi connectivity index (χ4n) is 3.92. The molecule has 0 unspecified atom stereocenters. The Morgan fingerprint density at radius 2 is 1.93 bits per heavy atom. The van der Waals surface area contributed by atoms with E-state index < -0.39 is 0 Å². The number of fused-ring (bicyclic) bond motifs is 2. The lowest BCUT2D eigenvalue weighted by Crippen LogP contribution is -2.15. The number of ether oxygens (including phenoxy) is 1. The number of hydrogen-bond donors (Lipinski definition) is 1. The van der Waals surface area contributed by atoms with Crippen LogP contribution in [0.3, 0.4) is 0 Å². The number of amides is 1. The molecule has 0 saturated carbocycles. The van der Waals surface area contributed by atoms with E-state index in [0.29, 0.717) is 17.1 Å². The smallest absolute Gasteiger partial charge is 0.256 e. The maximum absolute atomic E-state index is 12.8. The number of anilines is 1. The Kier molecular flexibility index (Phi) is 4.75. The van der Waals surface area contributed by atoms with Crippen LogP contribution in [-0.2, 0) is 12.8 Å². The number of hydrogen-bond acceptors (Lipinski definition) is 5. The minimum Gasteiger partial charge on any atom is -0.497 e. The lowest BCUT2D eigenvalue weighted by atomic mass is 9.92. The Morgan fingerprint density at radius 3 is 2.73 bits per heavy atom. The summed E-state index contributed by atoms with van der Waals surface area (Å²) in [5.41, 5.74) is 5.18. The summed E-state index contributed by atoms with van der Waals surface area (Å²) in [6.45, 7) is 1.91. The Labute approximate surface area is 178 Å². The molecule has 30 heavy (non-hydrogen) atoms. The number of aromatic nitrogens is 3. The number of benzene rings is 2. The van der Waals surface area contributed by atoms with Gasteiger partial charge in [-0.1, -0.05) is 17.4 Å². The third kappa shape index (κ3) is 3.45. The number of carbonyl (C=O) groups is 1. The fourth-order valence-corrected chi connectivity index (χ4v) is 4.90. The van der Waals surface area contributed by atoms with Crippen molar-refractivity contribution in [3.63, 3.8) is 0 Å². The summed E-state index contributed by atoms with van der Waals surface area (Å²) in [6, 6.07) is 13.4. The summed E-state index contributed by atoms with van der Waals surface area (Å²) < 4.78 is 8.10. The largest absolute Gasteiger partial charge is 0.497 e. The normalized spacial score (nSPS) is 13.3. The first-order valence-corrected chi connectivity index (χ1v) is 10.9. The van der Waals surface area contributed by atoms with E-state index in [2.05, 4.69) is 22.5 Å². The zero-order valence-corrected chi connectivity index (χ0v) is 17.8. The summed E-state index contributed by atoms with van der Waals surface area (Å²) in [4.78, 5) is 17.6. The van der Waals surface area contributed by atoms with Gasteiger partial charge in [0, 0.05) is 11.6 Å². The van der Waals surface area contributed by atoms with Crippen LogP contribution in [0, 0.1) is 6.92 Å². The highest BCUT2D eigenvalue weighted by molar-refractivity contribution is 7.20. The molecule has 0 fully saturated rings. The van der Waals surface area contributed by atoms with E-state index in [1.165, 1.54) is 24.0 Å². The molecule has 0 radical (unpaired) electrons. The van der Waals surface area contributed by atoms with E-state index in [9.17, 15) is 4.79 Å². The van der Waals surface area contributed by atoms with Crippen LogP contribution in [0.15, 0.2) is 42.5 Å². The highest BCUT2D eigenvalue weighted by Crippen LogP contribution is 2.32.